The molecule has 0 aromatic heterocycles. The van der Waals surface area contributed by atoms with Crippen molar-refractivity contribution in [3.63, 3.8) is 0 Å². The topological polar surface area (TPSA) is 89.5 Å². The average Bonchev–Trinajstić information content (AvgIpc) is 3.08. The van der Waals surface area contributed by atoms with Crippen molar-refractivity contribution in [1.29, 1.82) is 0 Å². The van der Waals surface area contributed by atoms with E-state index in [1.807, 2.05) is 6.26 Å². The predicted octanol–water partition coefficient (Wildman–Crippen LogP) is 2.55. The number of hydrogen-bond donors (Lipinski definition) is 1. The molecule has 3 unspecified atom stereocenters. The number of benzene rings is 1. The van der Waals surface area contributed by atoms with E-state index in [1.165, 1.54) is 17.8 Å². The van der Waals surface area contributed by atoms with Crippen LogP contribution in [0.5, 0.6) is 0 Å². The maximum Gasteiger partial charge on any atom is 0.282 e. The maximum atomic E-state index is 12.7. The lowest BCUT2D eigenvalue weighted by Gasteiger charge is -2.19. The highest BCUT2D eigenvalue weighted by atomic mass is 35.5. The van der Waals surface area contributed by atoms with Crippen LogP contribution in [0.25, 0.3) is 0 Å². The summed E-state index contributed by atoms with van der Waals surface area (Å²) in [6.45, 7) is 1.28. The fourth-order valence-electron chi connectivity index (χ4n) is 3.62. The molecule has 23 heavy (non-hydrogen) atoms. The van der Waals surface area contributed by atoms with Gasteiger partial charge < -0.3 is 10.6 Å². The molecule has 1 amide bonds. The fraction of sp³-hybridized carbons (Fsp3) is 0.533. The molecule has 1 aliphatic carbocycles. The maximum absolute atomic E-state index is 12.7. The first-order valence-electron chi connectivity index (χ1n) is 7.38. The van der Waals surface area contributed by atoms with Crippen LogP contribution in [0, 0.1) is 22.0 Å². The number of nitro benzene ring substituents is 1. The Labute approximate surface area is 145 Å². The van der Waals surface area contributed by atoms with Crippen LogP contribution in [0.2, 0.25) is 0 Å². The summed E-state index contributed by atoms with van der Waals surface area (Å²) in [5.74, 6) is 0.540. The summed E-state index contributed by atoms with van der Waals surface area (Å²) in [5, 5.41) is 11.2. The lowest BCUT2D eigenvalue weighted by molar-refractivity contribution is -0.385. The molecule has 0 radical (unpaired) electrons. The van der Waals surface area contributed by atoms with Gasteiger partial charge in [0.05, 0.1) is 4.92 Å². The van der Waals surface area contributed by atoms with Crippen molar-refractivity contribution in [1.82, 2.24) is 4.90 Å². The van der Waals surface area contributed by atoms with Crippen LogP contribution < -0.4 is 5.73 Å². The summed E-state index contributed by atoms with van der Waals surface area (Å²) in [7, 11) is 0. The zero-order valence-corrected chi connectivity index (χ0v) is 14.4. The Bertz CT molecular complexity index is 628. The molecule has 1 saturated carbocycles. The predicted molar refractivity (Wildman–Crippen MR) is 92.2 cm³/mol. The zero-order valence-electron chi connectivity index (χ0n) is 12.8. The molecule has 3 rings (SSSR count). The van der Waals surface area contributed by atoms with E-state index in [0.29, 0.717) is 24.9 Å². The third-order valence-corrected chi connectivity index (χ3v) is 5.56. The molecule has 1 aromatic rings. The second-order valence-corrected chi connectivity index (χ2v) is 6.90. The van der Waals surface area contributed by atoms with Crippen LogP contribution in [-0.4, -0.2) is 41.1 Å². The van der Waals surface area contributed by atoms with Gasteiger partial charge in [0, 0.05) is 30.1 Å². The quantitative estimate of drug-likeness (QED) is 0.510. The number of likely N-dealkylation sites (tertiary alicyclic amines) is 1. The van der Waals surface area contributed by atoms with E-state index in [0.717, 1.165) is 17.7 Å². The molecule has 8 heteroatoms. The number of rotatable bonds is 3. The molecule has 1 saturated heterocycles. The second-order valence-electron chi connectivity index (χ2n) is 6.02. The minimum absolute atomic E-state index is 0. The average molecular weight is 358 g/mol. The van der Waals surface area contributed by atoms with Crippen LogP contribution in [0.1, 0.15) is 23.2 Å². The molecule has 1 aromatic carbocycles. The molecule has 3 atom stereocenters. The van der Waals surface area contributed by atoms with E-state index >= 15 is 0 Å². The Morgan fingerprint density at radius 2 is 2.13 bits per heavy atom. The monoisotopic (exact) mass is 357 g/mol. The van der Waals surface area contributed by atoms with Gasteiger partial charge >= 0.3 is 0 Å². The third kappa shape index (κ3) is 3.32. The van der Waals surface area contributed by atoms with Gasteiger partial charge in [-0.1, -0.05) is 0 Å². The molecule has 126 valence electrons. The number of halogens is 1. The summed E-state index contributed by atoms with van der Waals surface area (Å²) in [6, 6.07) is 4.87. The molecule has 0 spiro atoms. The Balaban J connectivity index is 0.00000192. The van der Waals surface area contributed by atoms with Crippen molar-refractivity contribution in [3.8, 4) is 0 Å². The summed E-state index contributed by atoms with van der Waals surface area (Å²) in [4.78, 5) is 26.0. The first-order chi connectivity index (χ1) is 10.5. The van der Waals surface area contributed by atoms with Crippen LogP contribution in [0.15, 0.2) is 23.1 Å². The molecule has 2 aliphatic rings. The van der Waals surface area contributed by atoms with Gasteiger partial charge in [-0.15, -0.1) is 24.2 Å². The molecular formula is C15H20ClN3O3S. The number of thioether (sulfide) groups is 1. The number of carbonyl (C=O) groups excluding carboxylic acids is 1. The number of amides is 1. The van der Waals surface area contributed by atoms with Crippen molar-refractivity contribution >= 4 is 35.8 Å². The highest BCUT2D eigenvalue weighted by Crippen LogP contribution is 2.38. The van der Waals surface area contributed by atoms with E-state index in [2.05, 4.69) is 0 Å². The third-order valence-electron chi connectivity index (χ3n) is 4.83. The largest absolute Gasteiger partial charge is 0.338 e. The van der Waals surface area contributed by atoms with Gasteiger partial charge in [0.1, 0.15) is 5.56 Å². The smallest absolute Gasteiger partial charge is 0.282 e. The van der Waals surface area contributed by atoms with Crippen molar-refractivity contribution in [3.05, 3.63) is 33.9 Å². The minimum atomic E-state index is -0.486. The van der Waals surface area contributed by atoms with E-state index in [1.54, 1.807) is 17.0 Å². The molecule has 1 heterocycles. The lowest BCUT2D eigenvalue weighted by Crippen LogP contribution is -2.33. The molecule has 2 fully saturated rings. The molecule has 6 nitrogen and oxygen atoms in total. The standard InChI is InChI=1S/C15H19N3O3S.ClH/c1-22-10-3-5-14(18(20)21)11(6-10)15(19)17-7-9-2-4-13(16)12(9)8-17;/h3,5-6,9,12-13H,2,4,7-8,16H2,1H3;1H. The Morgan fingerprint density at radius 3 is 2.74 bits per heavy atom. The van der Waals surface area contributed by atoms with Gasteiger partial charge in [-0.25, -0.2) is 0 Å². The molecule has 2 N–H and O–H groups in total. The van der Waals surface area contributed by atoms with E-state index in [4.69, 9.17) is 5.73 Å². The first kappa shape index (κ1) is 18.0. The van der Waals surface area contributed by atoms with Gasteiger partial charge in [-0.3, -0.25) is 14.9 Å². The number of fused-ring (bicyclic) bond motifs is 1. The molecule has 0 bridgehead atoms. The Morgan fingerprint density at radius 1 is 1.39 bits per heavy atom. The van der Waals surface area contributed by atoms with Crippen molar-refractivity contribution in [2.45, 2.75) is 23.8 Å². The summed E-state index contributed by atoms with van der Waals surface area (Å²) < 4.78 is 0. The van der Waals surface area contributed by atoms with Crippen LogP contribution >= 0.6 is 24.2 Å². The van der Waals surface area contributed by atoms with Crippen molar-refractivity contribution < 1.29 is 9.72 Å². The van der Waals surface area contributed by atoms with E-state index in [9.17, 15) is 14.9 Å². The van der Waals surface area contributed by atoms with Crippen LogP contribution in [0.3, 0.4) is 0 Å². The highest BCUT2D eigenvalue weighted by molar-refractivity contribution is 7.98. The second kappa shape index (κ2) is 7.07. The number of nitrogens with zero attached hydrogens (tertiary/aromatic N) is 2. The lowest BCUT2D eigenvalue weighted by atomic mass is 9.98. The number of hydrogen-bond acceptors (Lipinski definition) is 5. The number of nitrogens with two attached hydrogens (primary N) is 1. The Kier molecular flexibility index (Phi) is 5.54. The van der Waals surface area contributed by atoms with Gasteiger partial charge in [0.2, 0.25) is 0 Å². The van der Waals surface area contributed by atoms with Crippen LogP contribution in [-0.2, 0) is 0 Å². The van der Waals surface area contributed by atoms with Gasteiger partial charge in [-0.2, -0.15) is 0 Å². The van der Waals surface area contributed by atoms with Crippen molar-refractivity contribution in [2.75, 3.05) is 19.3 Å². The number of carbonyl (C=O) groups is 1. The SMILES string of the molecule is CSc1ccc([N+](=O)[O-])c(C(=O)N2CC3CCC(N)C3C2)c1.Cl. The fourth-order valence-corrected chi connectivity index (χ4v) is 4.06. The van der Waals surface area contributed by atoms with Crippen LogP contribution in [0.4, 0.5) is 5.69 Å². The summed E-state index contributed by atoms with van der Waals surface area (Å²) >= 11 is 1.47. The first-order valence-corrected chi connectivity index (χ1v) is 8.61. The minimum Gasteiger partial charge on any atom is -0.338 e. The number of nitro groups is 1. The summed E-state index contributed by atoms with van der Waals surface area (Å²) in [5.41, 5.74) is 6.16. The highest BCUT2D eigenvalue weighted by Gasteiger charge is 2.43. The van der Waals surface area contributed by atoms with Gasteiger partial charge in [0.15, 0.2) is 0 Å². The van der Waals surface area contributed by atoms with Gasteiger partial charge in [-0.05, 0) is 43.1 Å². The Hall–Kier alpha value is -1.31. The van der Waals surface area contributed by atoms with Crippen molar-refractivity contribution in [2.24, 2.45) is 17.6 Å². The normalized spacial score (nSPS) is 25.8. The molecule has 1 aliphatic heterocycles. The van der Waals surface area contributed by atoms with E-state index < -0.39 is 4.92 Å². The summed E-state index contributed by atoms with van der Waals surface area (Å²) in [6.07, 6.45) is 3.94. The van der Waals surface area contributed by atoms with E-state index in [-0.39, 0.29) is 35.6 Å². The zero-order chi connectivity index (χ0) is 15.9. The van der Waals surface area contributed by atoms with Gasteiger partial charge in [0.25, 0.3) is 11.6 Å². The molecular weight excluding hydrogens is 338 g/mol.